The Kier molecular flexibility index (Phi) is 7.24. The third-order valence-corrected chi connectivity index (χ3v) is 5.24. The Morgan fingerprint density at radius 2 is 2.00 bits per heavy atom. The molecule has 2 aromatic carbocycles. The number of halogens is 2. The van der Waals surface area contributed by atoms with Crippen LogP contribution in [0.2, 0.25) is 0 Å². The van der Waals surface area contributed by atoms with Crippen LogP contribution in [0, 0.1) is 54.2 Å². The number of rotatable bonds is 4. The molecule has 0 spiro atoms. The van der Waals surface area contributed by atoms with Crippen LogP contribution >= 0.6 is 26.6 Å². The first kappa shape index (κ1) is 20.3. The third kappa shape index (κ3) is 4.00. The van der Waals surface area contributed by atoms with Crippen molar-refractivity contribution in [1.82, 2.24) is 0 Å². The summed E-state index contributed by atoms with van der Waals surface area (Å²) in [6.45, 7) is -0.194. The van der Waals surface area contributed by atoms with Gasteiger partial charge in [0.1, 0.15) is 0 Å². The normalized spacial score (nSPS) is 11.2. The number of benzene rings is 2. The van der Waals surface area contributed by atoms with E-state index in [1.54, 1.807) is 6.07 Å². The molecule has 1 radical (unpaired) electrons. The molecule has 0 aliphatic heterocycles. The Balaban J connectivity index is 0.00000242. The van der Waals surface area contributed by atoms with Crippen molar-refractivity contribution in [2.45, 2.75) is 11.3 Å². The van der Waals surface area contributed by atoms with Gasteiger partial charge >= 0.3 is 0 Å². The molecule has 10 heteroatoms. The molecular formula is C12H9AcBrClNO5S. The fourth-order valence-electron chi connectivity index (χ4n) is 2.10. The predicted octanol–water partition coefficient (Wildman–Crippen LogP) is 2.97. The molecule has 115 valence electrons. The van der Waals surface area contributed by atoms with Crippen LogP contribution in [-0.2, 0) is 15.5 Å². The second kappa shape index (κ2) is 7.86. The maximum Gasteiger partial charge on any atom is 0.278 e. The van der Waals surface area contributed by atoms with Gasteiger partial charge in [0, 0.05) is 77.3 Å². The van der Waals surface area contributed by atoms with Crippen LogP contribution in [0.1, 0.15) is 5.56 Å². The molecule has 22 heavy (non-hydrogen) atoms. The second-order valence-electron chi connectivity index (χ2n) is 4.22. The van der Waals surface area contributed by atoms with Crippen LogP contribution in [0.3, 0.4) is 0 Å². The van der Waals surface area contributed by atoms with E-state index >= 15 is 0 Å². The van der Waals surface area contributed by atoms with Crippen molar-refractivity contribution in [3.05, 3.63) is 44.4 Å². The number of nitro groups is 1. The summed E-state index contributed by atoms with van der Waals surface area (Å²) in [6, 6.07) is 5.47. The molecule has 0 aliphatic carbocycles. The standard InChI is InChI=1S/C12H9BrClNO5S.Ac/c13-12-7(4-5-16)6-10(21(14,19)20)11-8(12)2-1-3-9(11)15(17)18;/h1-3,6,16H,4-5H2;. The minimum atomic E-state index is -4.18. The molecule has 0 aliphatic rings. The number of non-ortho nitro benzene ring substituents is 1. The van der Waals surface area contributed by atoms with Gasteiger partial charge in [-0.1, -0.05) is 12.1 Å². The van der Waals surface area contributed by atoms with Gasteiger partial charge < -0.3 is 5.11 Å². The van der Waals surface area contributed by atoms with E-state index in [2.05, 4.69) is 15.9 Å². The summed E-state index contributed by atoms with van der Waals surface area (Å²) in [7, 11) is 1.23. The second-order valence-corrected chi connectivity index (χ2v) is 7.54. The van der Waals surface area contributed by atoms with Crippen LogP contribution < -0.4 is 0 Å². The first-order valence-electron chi connectivity index (χ1n) is 5.71. The van der Waals surface area contributed by atoms with Crippen LogP contribution in [0.5, 0.6) is 0 Å². The Bertz CT molecular complexity index is 843. The fraction of sp³-hybridized carbons (Fsp3) is 0.167. The van der Waals surface area contributed by atoms with Crippen molar-refractivity contribution in [2.24, 2.45) is 0 Å². The van der Waals surface area contributed by atoms with Gasteiger partial charge in [-0.3, -0.25) is 10.1 Å². The van der Waals surface area contributed by atoms with Gasteiger partial charge in [-0.25, -0.2) is 8.42 Å². The predicted molar refractivity (Wildman–Crippen MR) is 82.1 cm³/mol. The zero-order valence-electron chi connectivity index (χ0n) is 11.0. The van der Waals surface area contributed by atoms with Crippen LogP contribution in [0.25, 0.3) is 10.8 Å². The molecule has 2 aromatic rings. The molecule has 0 fully saturated rings. The van der Waals surface area contributed by atoms with E-state index in [0.717, 1.165) is 0 Å². The van der Waals surface area contributed by atoms with Gasteiger partial charge in [-0.05, 0) is 34.0 Å². The van der Waals surface area contributed by atoms with Crippen molar-refractivity contribution < 1.29 is 62.5 Å². The average molecular weight is 622 g/mol. The Morgan fingerprint density at radius 3 is 2.50 bits per heavy atom. The van der Waals surface area contributed by atoms with Crippen molar-refractivity contribution in [3.8, 4) is 0 Å². The monoisotopic (exact) mass is 620 g/mol. The van der Waals surface area contributed by atoms with Crippen molar-refractivity contribution in [3.63, 3.8) is 0 Å². The molecule has 0 unspecified atom stereocenters. The quantitative estimate of drug-likeness (QED) is 0.322. The van der Waals surface area contributed by atoms with E-state index in [1.165, 1.54) is 18.2 Å². The Morgan fingerprint density at radius 1 is 1.36 bits per heavy atom. The van der Waals surface area contributed by atoms with E-state index in [4.69, 9.17) is 15.8 Å². The average Bonchev–Trinajstić information content (AvgIpc) is 2.40. The molecule has 6 nitrogen and oxygen atoms in total. The molecule has 0 heterocycles. The summed E-state index contributed by atoms with van der Waals surface area (Å²) in [5.41, 5.74) is 0.160. The van der Waals surface area contributed by atoms with Crippen LogP contribution in [0.4, 0.5) is 5.69 Å². The van der Waals surface area contributed by atoms with E-state index < -0.39 is 14.0 Å². The molecule has 0 atom stereocenters. The van der Waals surface area contributed by atoms with E-state index in [-0.39, 0.29) is 73.1 Å². The van der Waals surface area contributed by atoms with Gasteiger partial charge in [0.25, 0.3) is 14.7 Å². The molecule has 0 aromatic heterocycles. The van der Waals surface area contributed by atoms with Crippen LogP contribution in [-0.4, -0.2) is 25.1 Å². The van der Waals surface area contributed by atoms with E-state index in [9.17, 15) is 18.5 Å². The van der Waals surface area contributed by atoms with Gasteiger partial charge in [0.05, 0.1) is 15.2 Å². The van der Waals surface area contributed by atoms with E-state index in [0.29, 0.717) is 15.4 Å². The number of aliphatic hydroxyl groups excluding tert-OH is 1. The molecule has 0 saturated heterocycles. The van der Waals surface area contributed by atoms with Gasteiger partial charge in [-0.2, -0.15) is 0 Å². The SMILES string of the molecule is O=[N+]([O-])c1cccc2c(Br)c(CCO)cc(S(=O)(=O)Cl)c12.[Ac]. The third-order valence-electron chi connectivity index (χ3n) is 2.95. The molecular weight excluding hydrogens is 613 g/mol. The summed E-state index contributed by atoms with van der Waals surface area (Å²) in [5, 5.41) is 20.5. The summed E-state index contributed by atoms with van der Waals surface area (Å²) >= 11 is 3.30. The molecule has 1 N–H and O–H groups in total. The maximum absolute atomic E-state index is 11.8. The molecule has 2 rings (SSSR count). The zero-order chi connectivity index (χ0) is 15.8. The summed E-state index contributed by atoms with van der Waals surface area (Å²) < 4.78 is 24.0. The largest absolute Gasteiger partial charge is 0.396 e. The topological polar surface area (TPSA) is 97.5 Å². The fourth-order valence-corrected chi connectivity index (χ4v) is 3.85. The van der Waals surface area contributed by atoms with E-state index in [1.807, 2.05) is 0 Å². The van der Waals surface area contributed by atoms with Crippen molar-refractivity contribution in [2.75, 3.05) is 6.61 Å². The summed E-state index contributed by atoms with van der Waals surface area (Å²) in [5.74, 6) is 0. The molecule has 0 bridgehead atoms. The smallest absolute Gasteiger partial charge is 0.278 e. The van der Waals surface area contributed by atoms with Gasteiger partial charge in [-0.15, -0.1) is 0 Å². The Hall–Kier alpha value is 0.222. The number of aliphatic hydroxyl groups is 1. The van der Waals surface area contributed by atoms with Gasteiger partial charge in [0.15, 0.2) is 0 Å². The number of hydrogen-bond donors (Lipinski definition) is 1. The summed E-state index contributed by atoms with van der Waals surface area (Å²) in [6.07, 6.45) is 0.193. The summed E-state index contributed by atoms with van der Waals surface area (Å²) in [4.78, 5) is 10.1. The number of fused-ring (bicyclic) bond motifs is 1. The minimum Gasteiger partial charge on any atom is -0.396 e. The van der Waals surface area contributed by atoms with Crippen LogP contribution in [0.15, 0.2) is 33.6 Å². The minimum absolute atomic E-state index is 0. The first-order chi connectivity index (χ1) is 9.77. The molecule has 0 saturated carbocycles. The van der Waals surface area contributed by atoms with Gasteiger partial charge in [0.2, 0.25) is 0 Å². The number of nitrogens with zero attached hydrogens (tertiary/aromatic N) is 1. The van der Waals surface area contributed by atoms with Crippen molar-refractivity contribution >= 4 is 52.1 Å². The Labute approximate surface area is 175 Å². The zero-order valence-corrected chi connectivity index (χ0v) is 18.9. The number of nitro benzene ring substituents is 1. The maximum atomic E-state index is 11.8. The first-order valence-corrected chi connectivity index (χ1v) is 8.81. The van der Waals surface area contributed by atoms with Crippen molar-refractivity contribution in [1.29, 1.82) is 0 Å². The molecule has 0 amide bonds. The number of hydrogen-bond acceptors (Lipinski definition) is 5.